The molecule has 1 atom stereocenters. The highest BCUT2D eigenvalue weighted by atomic mass is 16.2. The van der Waals surface area contributed by atoms with E-state index in [-0.39, 0.29) is 12.1 Å². The van der Waals surface area contributed by atoms with Gasteiger partial charge in [0.1, 0.15) is 5.65 Å². The first kappa shape index (κ1) is 22.9. The molecule has 0 radical (unpaired) electrons. The number of fused-ring (bicyclic) bond motifs is 1. The Morgan fingerprint density at radius 3 is 2.39 bits per heavy atom. The number of hydrogen-bond donors (Lipinski definition) is 2. The van der Waals surface area contributed by atoms with Gasteiger partial charge >= 0.3 is 6.03 Å². The molecule has 0 aliphatic rings. The van der Waals surface area contributed by atoms with Crippen LogP contribution in [0.2, 0.25) is 0 Å². The molecule has 5 nitrogen and oxygen atoms in total. The van der Waals surface area contributed by atoms with Gasteiger partial charge < -0.3 is 15.2 Å². The highest BCUT2D eigenvalue weighted by Gasteiger charge is 2.18. The van der Waals surface area contributed by atoms with E-state index in [1.165, 1.54) is 11.1 Å². The highest BCUT2D eigenvalue weighted by molar-refractivity contribution is 5.91. The minimum Gasteiger partial charge on any atom is -0.336 e. The van der Waals surface area contributed by atoms with E-state index in [1.54, 1.807) is 0 Å². The molecule has 2 heterocycles. The van der Waals surface area contributed by atoms with Crippen LogP contribution in [0.4, 0.5) is 10.5 Å². The van der Waals surface area contributed by atoms with E-state index < -0.39 is 0 Å². The summed E-state index contributed by atoms with van der Waals surface area (Å²) in [6.45, 7) is 11.4. The maximum atomic E-state index is 12.9. The van der Waals surface area contributed by atoms with Gasteiger partial charge in [-0.15, -0.1) is 0 Å². The fourth-order valence-corrected chi connectivity index (χ4v) is 4.12. The van der Waals surface area contributed by atoms with Crippen molar-refractivity contribution >= 4 is 22.8 Å². The van der Waals surface area contributed by atoms with Crippen LogP contribution in [0.25, 0.3) is 11.0 Å². The second-order valence-electron chi connectivity index (χ2n) is 8.89. The Bertz CT molecular complexity index is 979. The van der Waals surface area contributed by atoms with Crippen molar-refractivity contribution in [3.05, 3.63) is 59.9 Å². The van der Waals surface area contributed by atoms with E-state index in [4.69, 9.17) is 0 Å². The topological polar surface area (TPSA) is 59.0 Å². The quantitative estimate of drug-likeness (QED) is 0.398. The molecular weight excluding hydrogens is 384 g/mol. The molecule has 1 unspecified atom stereocenters. The lowest BCUT2D eigenvalue weighted by Crippen LogP contribution is -2.34. The van der Waals surface area contributed by atoms with Gasteiger partial charge in [0.2, 0.25) is 0 Å². The number of hydrogen-bond acceptors (Lipinski definition) is 2. The largest absolute Gasteiger partial charge is 0.336 e. The van der Waals surface area contributed by atoms with Crippen LogP contribution < -0.4 is 10.6 Å². The molecule has 166 valence electrons. The molecule has 31 heavy (non-hydrogen) atoms. The molecule has 0 aliphatic heterocycles. The number of aromatic nitrogens is 2. The van der Waals surface area contributed by atoms with E-state index >= 15 is 0 Å². The van der Waals surface area contributed by atoms with Gasteiger partial charge in [0, 0.05) is 30.0 Å². The molecular formula is C26H36N4O. The van der Waals surface area contributed by atoms with Crippen molar-refractivity contribution in [1.29, 1.82) is 0 Å². The number of unbranched alkanes of at least 4 members (excludes halogenated alkanes) is 1. The van der Waals surface area contributed by atoms with E-state index in [0.717, 1.165) is 36.0 Å². The molecule has 0 saturated heterocycles. The second kappa shape index (κ2) is 10.5. The Morgan fingerprint density at radius 2 is 1.74 bits per heavy atom. The summed E-state index contributed by atoms with van der Waals surface area (Å²) in [5.74, 6) is 0.673. The zero-order chi connectivity index (χ0) is 22.4. The Labute approximate surface area is 186 Å². The van der Waals surface area contributed by atoms with Crippen LogP contribution in [0.5, 0.6) is 0 Å². The lowest BCUT2D eigenvalue weighted by Gasteiger charge is -2.23. The van der Waals surface area contributed by atoms with E-state index in [1.807, 2.05) is 12.3 Å². The summed E-state index contributed by atoms with van der Waals surface area (Å²) in [4.78, 5) is 17.5. The lowest BCUT2D eigenvalue weighted by molar-refractivity contribution is 0.249. The van der Waals surface area contributed by atoms with E-state index in [9.17, 15) is 4.79 Å². The number of urea groups is 1. The average Bonchev–Trinajstić information content (AvgIpc) is 3.17. The number of amides is 2. The van der Waals surface area contributed by atoms with Crippen molar-refractivity contribution in [3.8, 4) is 0 Å². The zero-order valence-corrected chi connectivity index (χ0v) is 19.5. The van der Waals surface area contributed by atoms with Gasteiger partial charge in [-0.25, -0.2) is 9.78 Å². The maximum Gasteiger partial charge on any atom is 0.319 e. The van der Waals surface area contributed by atoms with Crippen molar-refractivity contribution in [2.45, 2.75) is 71.8 Å². The van der Waals surface area contributed by atoms with Crippen LogP contribution in [-0.2, 0) is 0 Å². The van der Waals surface area contributed by atoms with Gasteiger partial charge in [0.05, 0.1) is 6.04 Å². The van der Waals surface area contributed by atoms with Gasteiger partial charge in [-0.1, -0.05) is 65.7 Å². The molecule has 0 fully saturated rings. The first-order valence-electron chi connectivity index (χ1n) is 11.5. The number of rotatable bonds is 9. The molecule has 0 saturated carbocycles. The molecule has 2 amide bonds. The minimum atomic E-state index is -0.152. The fraction of sp³-hybridized carbons (Fsp3) is 0.462. The Balaban J connectivity index is 1.76. The van der Waals surface area contributed by atoms with Crippen molar-refractivity contribution in [2.75, 3.05) is 11.9 Å². The van der Waals surface area contributed by atoms with Gasteiger partial charge in [0.15, 0.2) is 0 Å². The van der Waals surface area contributed by atoms with Crippen LogP contribution in [0.15, 0.2) is 48.8 Å². The van der Waals surface area contributed by atoms with E-state index in [2.05, 4.69) is 91.3 Å². The second-order valence-corrected chi connectivity index (χ2v) is 8.89. The number of para-hydroxylation sites is 1. The number of pyridine rings is 1. The summed E-state index contributed by atoms with van der Waals surface area (Å²) in [6, 6.07) is 12.4. The van der Waals surface area contributed by atoms with Gasteiger partial charge in [-0.2, -0.15) is 0 Å². The fourth-order valence-electron chi connectivity index (χ4n) is 4.12. The number of nitrogens with one attached hydrogen (secondary N) is 2. The first-order chi connectivity index (χ1) is 14.9. The smallest absolute Gasteiger partial charge is 0.319 e. The third-order valence-electron chi connectivity index (χ3n) is 5.87. The monoisotopic (exact) mass is 420 g/mol. The molecule has 3 rings (SSSR count). The number of carbonyl (C=O) groups excluding carboxylic acids is 1. The lowest BCUT2D eigenvalue weighted by atomic mass is 9.93. The summed E-state index contributed by atoms with van der Waals surface area (Å²) in [5.41, 5.74) is 4.26. The van der Waals surface area contributed by atoms with Crippen molar-refractivity contribution in [3.63, 3.8) is 0 Å². The van der Waals surface area contributed by atoms with Gasteiger partial charge in [-0.3, -0.25) is 0 Å². The maximum absolute atomic E-state index is 12.9. The third-order valence-corrected chi connectivity index (χ3v) is 5.87. The van der Waals surface area contributed by atoms with Gasteiger partial charge in [0.25, 0.3) is 0 Å². The molecule has 0 aliphatic carbocycles. The Kier molecular flexibility index (Phi) is 7.72. The summed E-state index contributed by atoms with van der Waals surface area (Å²) >= 11 is 0. The van der Waals surface area contributed by atoms with Crippen molar-refractivity contribution in [2.24, 2.45) is 0 Å². The van der Waals surface area contributed by atoms with Crippen LogP contribution in [0, 0.1) is 0 Å². The van der Waals surface area contributed by atoms with Gasteiger partial charge in [-0.05, 0) is 47.6 Å². The van der Waals surface area contributed by atoms with Crippen molar-refractivity contribution in [1.82, 2.24) is 14.9 Å². The highest BCUT2D eigenvalue weighted by Crippen LogP contribution is 2.32. The molecule has 2 N–H and O–H groups in total. The summed E-state index contributed by atoms with van der Waals surface area (Å²) < 4.78 is 2.20. The zero-order valence-electron chi connectivity index (χ0n) is 19.5. The Morgan fingerprint density at radius 1 is 1.03 bits per heavy atom. The summed E-state index contributed by atoms with van der Waals surface area (Å²) in [6.07, 6.45) is 7.13. The molecule has 3 aromatic rings. The van der Waals surface area contributed by atoms with E-state index in [0.29, 0.717) is 18.4 Å². The predicted molar refractivity (Wildman–Crippen MR) is 130 cm³/mol. The molecule has 1 aromatic carbocycles. The van der Waals surface area contributed by atoms with Crippen LogP contribution in [0.3, 0.4) is 0 Å². The molecule has 5 heteroatoms. The number of anilines is 1. The van der Waals surface area contributed by atoms with Crippen molar-refractivity contribution < 1.29 is 4.79 Å². The standard InChI is InChI=1S/C26H36N4O/c1-6-7-11-21(30-16-14-20-10-9-15-27-25(20)30)17-28-26(31)29-24-22(18(2)3)12-8-13-23(24)19(4)5/h8-10,12-16,18-19,21H,6-7,11,17H2,1-5H3,(H2,28,29,31). The predicted octanol–water partition coefficient (Wildman–Crippen LogP) is 6.84. The number of carbonyl (C=O) groups is 1. The average molecular weight is 421 g/mol. The summed E-state index contributed by atoms with van der Waals surface area (Å²) in [7, 11) is 0. The molecule has 2 aromatic heterocycles. The molecule has 0 bridgehead atoms. The number of benzene rings is 1. The third kappa shape index (κ3) is 5.46. The minimum absolute atomic E-state index is 0.152. The number of nitrogens with zero attached hydrogens (tertiary/aromatic N) is 2. The van der Waals surface area contributed by atoms with Crippen LogP contribution in [-0.4, -0.2) is 22.1 Å². The summed E-state index contributed by atoms with van der Waals surface area (Å²) in [5, 5.41) is 7.41. The SMILES string of the molecule is CCCCC(CNC(=O)Nc1c(C(C)C)cccc1C(C)C)n1ccc2cccnc21. The van der Waals surface area contributed by atoms with Crippen LogP contribution in [0.1, 0.15) is 82.9 Å². The van der Waals surface area contributed by atoms with Crippen LogP contribution >= 0.6 is 0 Å². The first-order valence-corrected chi connectivity index (χ1v) is 11.5. The molecule has 0 spiro atoms. The Hall–Kier alpha value is -2.82. The normalized spacial score (nSPS) is 12.5.